The van der Waals surface area contributed by atoms with E-state index in [4.69, 9.17) is 19.3 Å². The number of rotatable bonds is 7. The third kappa shape index (κ3) is 3.73. The van der Waals surface area contributed by atoms with Crippen LogP contribution in [0.2, 0.25) is 0 Å². The molecule has 14 heteroatoms. The van der Waals surface area contributed by atoms with Crippen molar-refractivity contribution in [1.29, 1.82) is 0 Å². The Hall–Kier alpha value is -2.70. The summed E-state index contributed by atoms with van der Waals surface area (Å²) >= 11 is 0. The molecule has 0 radical (unpaired) electrons. The number of nitrogens with two attached hydrogens (primary N) is 1. The third-order valence-corrected chi connectivity index (χ3v) is 7.05. The fourth-order valence-corrected chi connectivity index (χ4v) is 5.05. The molecule has 13 nitrogen and oxygen atoms in total. The summed E-state index contributed by atoms with van der Waals surface area (Å²) in [5.74, 6) is -0.875. The lowest BCUT2D eigenvalue weighted by Gasteiger charge is -2.23. The Labute approximate surface area is 196 Å². The van der Waals surface area contributed by atoms with E-state index in [9.17, 15) is 14.4 Å². The number of H-pyrrole nitrogens is 1. The standard InChI is InChI=1S/C20H28N7O6P/c1-7-10-13(33-34(21)31-6)9(3)19(32-10)27-14(11-8(2)17(29)26(5)18(11)30)23-12-15(27)24-20(22-4)25-16(12)28/h9-10,13,19H,7,21H2,1-6H3,(H2,22,24,25,28). The van der Waals surface area contributed by atoms with Gasteiger partial charge in [-0.3, -0.25) is 34.3 Å². The van der Waals surface area contributed by atoms with Crippen molar-refractivity contribution in [1.82, 2.24) is 24.4 Å². The van der Waals surface area contributed by atoms with Gasteiger partial charge >= 0.3 is 0 Å². The number of carbonyl (C=O) groups is 2. The molecule has 4 heterocycles. The van der Waals surface area contributed by atoms with Crippen molar-refractivity contribution >= 4 is 43.0 Å². The average molecular weight is 493 g/mol. The summed E-state index contributed by atoms with van der Waals surface area (Å²) in [6.07, 6.45) is -0.833. The Morgan fingerprint density at radius 3 is 2.53 bits per heavy atom. The highest BCUT2D eigenvalue weighted by Crippen LogP contribution is 2.45. The maximum absolute atomic E-state index is 13.0. The van der Waals surface area contributed by atoms with Gasteiger partial charge in [0.15, 0.2) is 17.0 Å². The number of carbonyl (C=O) groups excluding carboxylic acids is 2. The van der Waals surface area contributed by atoms with Crippen LogP contribution < -0.4 is 16.4 Å². The van der Waals surface area contributed by atoms with E-state index in [0.29, 0.717) is 6.42 Å². The van der Waals surface area contributed by atoms with Crippen LogP contribution in [-0.2, 0) is 23.4 Å². The van der Waals surface area contributed by atoms with Crippen LogP contribution in [0.15, 0.2) is 10.4 Å². The summed E-state index contributed by atoms with van der Waals surface area (Å²) in [6.45, 7) is 5.43. The minimum atomic E-state index is -1.62. The number of aromatic amines is 1. The van der Waals surface area contributed by atoms with E-state index >= 15 is 0 Å². The lowest BCUT2D eigenvalue weighted by atomic mass is 10.0. The molecule has 0 spiro atoms. The van der Waals surface area contributed by atoms with Crippen LogP contribution in [0.5, 0.6) is 0 Å². The number of nitrogens with one attached hydrogen (secondary N) is 2. The first-order chi connectivity index (χ1) is 16.1. The SMILES string of the molecule is CCC1OC(n2c(C3=C(C)C(=O)N(C)C3=O)nc3c(=O)[nH]c(NC)nc32)C(C)C1OP(N)OC. The van der Waals surface area contributed by atoms with Crippen LogP contribution >= 0.6 is 8.53 Å². The molecular formula is C20H28N7O6P. The second kappa shape index (κ2) is 9.16. The number of anilines is 1. The molecule has 5 unspecified atom stereocenters. The van der Waals surface area contributed by atoms with Gasteiger partial charge in [-0.05, 0) is 13.3 Å². The van der Waals surface area contributed by atoms with Crippen molar-refractivity contribution in [2.24, 2.45) is 11.4 Å². The predicted molar refractivity (Wildman–Crippen MR) is 124 cm³/mol. The summed E-state index contributed by atoms with van der Waals surface area (Å²) in [7, 11) is 2.87. The van der Waals surface area contributed by atoms with Crippen LogP contribution in [0.1, 0.15) is 39.2 Å². The fourth-order valence-electron chi connectivity index (χ4n) is 4.39. The van der Waals surface area contributed by atoms with Gasteiger partial charge in [0.25, 0.3) is 25.9 Å². The second-order valence-electron chi connectivity index (χ2n) is 8.18. The third-order valence-electron chi connectivity index (χ3n) is 6.24. The highest BCUT2D eigenvalue weighted by molar-refractivity contribution is 7.44. The Kier molecular flexibility index (Phi) is 6.58. The zero-order valence-electron chi connectivity index (χ0n) is 19.8. The summed E-state index contributed by atoms with van der Waals surface area (Å²) in [4.78, 5) is 50.9. The Balaban J connectivity index is 1.95. The fraction of sp³-hybridized carbons (Fsp3) is 0.550. The first-order valence-corrected chi connectivity index (χ1v) is 12.0. The van der Waals surface area contributed by atoms with E-state index in [1.807, 2.05) is 13.8 Å². The normalized spacial score (nSPS) is 26.3. The number of hydrogen-bond donors (Lipinski definition) is 3. The molecule has 1 saturated heterocycles. The highest BCUT2D eigenvalue weighted by Gasteiger charge is 2.47. The molecule has 4 N–H and O–H groups in total. The molecule has 2 aliphatic rings. The molecule has 184 valence electrons. The van der Waals surface area contributed by atoms with Crippen LogP contribution in [0.25, 0.3) is 16.7 Å². The molecule has 34 heavy (non-hydrogen) atoms. The van der Waals surface area contributed by atoms with Crippen LogP contribution in [-0.4, -0.2) is 69.6 Å². The second-order valence-corrected chi connectivity index (χ2v) is 9.33. The van der Waals surface area contributed by atoms with E-state index in [2.05, 4.69) is 20.3 Å². The molecule has 1 fully saturated rings. The number of imidazole rings is 1. The summed E-state index contributed by atoms with van der Waals surface area (Å²) in [5.41, 5.74) is 6.00. The number of imide groups is 1. The lowest BCUT2D eigenvalue weighted by Crippen LogP contribution is -2.29. The van der Waals surface area contributed by atoms with Crippen molar-refractivity contribution in [2.75, 3.05) is 26.5 Å². The average Bonchev–Trinajstić information content (AvgIpc) is 3.40. The smallest absolute Gasteiger partial charge is 0.280 e. The van der Waals surface area contributed by atoms with Crippen molar-refractivity contribution in [3.05, 3.63) is 21.8 Å². The van der Waals surface area contributed by atoms with Gasteiger partial charge in [-0.2, -0.15) is 4.98 Å². The van der Waals surface area contributed by atoms with Gasteiger partial charge in [-0.1, -0.05) is 13.8 Å². The Bertz CT molecular complexity index is 1240. The topological polar surface area (TPSA) is 167 Å². The number of amides is 2. The van der Waals surface area contributed by atoms with E-state index in [1.54, 1.807) is 18.5 Å². The first-order valence-electron chi connectivity index (χ1n) is 10.8. The minimum absolute atomic E-state index is 0.0234. The number of ether oxygens (including phenoxy) is 1. The molecule has 2 aromatic heterocycles. The zero-order valence-corrected chi connectivity index (χ0v) is 20.7. The maximum atomic E-state index is 13.0. The molecule has 0 saturated carbocycles. The summed E-state index contributed by atoms with van der Waals surface area (Å²) < 4.78 is 19.1. The van der Waals surface area contributed by atoms with Gasteiger partial charge in [-0.15, -0.1) is 0 Å². The zero-order chi connectivity index (χ0) is 24.9. The van der Waals surface area contributed by atoms with Gasteiger partial charge < -0.3 is 19.1 Å². The minimum Gasteiger partial charge on any atom is -0.359 e. The first kappa shape index (κ1) is 24.4. The number of aromatic nitrogens is 4. The van der Waals surface area contributed by atoms with Crippen molar-refractivity contribution in [2.45, 2.75) is 45.6 Å². The quantitative estimate of drug-likeness (QED) is 0.375. The molecule has 0 bridgehead atoms. The van der Waals surface area contributed by atoms with Gasteiger partial charge in [0.05, 0.1) is 17.8 Å². The molecule has 5 atom stereocenters. The van der Waals surface area contributed by atoms with E-state index in [-0.39, 0.29) is 46.1 Å². The molecule has 2 aliphatic heterocycles. The molecule has 2 aromatic rings. The van der Waals surface area contributed by atoms with Gasteiger partial charge in [-0.25, -0.2) is 4.98 Å². The van der Waals surface area contributed by atoms with Crippen molar-refractivity contribution in [3.63, 3.8) is 0 Å². The van der Waals surface area contributed by atoms with Crippen LogP contribution in [0.4, 0.5) is 5.95 Å². The Morgan fingerprint density at radius 1 is 1.26 bits per heavy atom. The largest absolute Gasteiger partial charge is 0.359 e. The number of fused-ring (bicyclic) bond motifs is 1. The molecule has 0 aromatic carbocycles. The highest BCUT2D eigenvalue weighted by atomic mass is 31.2. The van der Waals surface area contributed by atoms with Crippen molar-refractivity contribution < 1.29 is 23.4 Å². The van der Waals surface area contributed by atoms with Gasteiger partial charge in [0.2, 0.25) is 5.95 Å². The maximum Gasteiger partial charge on any atom is 0.280 e. The van der Waals surface area contributed by atoms with Crippen LogP contribution in [0, 0.1) is 5.92 Å². The Morgan fingerprint density at radius 2 is 1.97 bits per heavy atom. The van der Waals surface area contributed by atoms with E-state index in [0.717, 1.165) is 4.90 Å². The summed E-state index contributed by atoms with van der Waals surface area (Å²) in [5, 5.41) is 2.82. The molecule has 2 amide bonds. The molecular weight excluding hydrogens is 465 g/mol. The van der Waals surface area contributed by atoms with E-state index < -0.39 is 38.2 Å². The lowest BCUT2D eigenvalue weighted by molar-refractivity contribution is -0.135. The number of hydrogen-bond acceptors (Lipinski definition) is 10. The number of nitrogens with zero attached hydrogens (tertiary/aromatic N) is 4. The predicted octanol–water partition coefficient (Wildman–Crippen LogP) is 1.09. The van der Waals surface area contributed by atoms with E-state index in [1.165, 1.54) is 14.2 Å². The summed E-state index contributed by atoms with van der Waals surface area (Å²) in [6, 6.07) is 0. The van der Waals surface area contributed by atoms with Crippen LogP contribution in [0.3, 0.4) is 0 Å². The van der Waals surface area contributed by atoms with Crippen molar-refractivity contribution in [3.8, 4) is 0 Å². The van der Waals surface area contributed by atoms with Gasteiger partial charge in [0.1, 0.15) is 6.23 Å². The monoisotopic (exact) mass is 493 g/mol. The van der Waals surface area contributed by atoms with Gasteiger partial charge in [0, 0.05) is 32.7 Å². The number of likely N-dealkylation sites (N-methyl/N-ethyl adjacent to an activating group) is 1. The molecule has 4 rings (SSSR count). The molecule has 0 aliphatic carbocycles.